The van der Waals surface area contributed by atoms with E-state index in [1.807, 2.05) is 47.1 Å². The van der Waals surface area contributed by atoms with E-state index in [1.54, 1.807) is 7.11 Å². The average Bonchev–Trinajstić information content (AvgIpc) is 3.01. The predicted molar refractivity (Wildman–Crippen MR) is 98.0 cm³/mol. The largest absolute Gasteiger partial charge is 0.497 e. The highest BCUT2D eigenvalue weighted by Crippen LogP contribution is 2.40. The summed E-state index contributed by atoms with van der Waals surface area (Å²) in [5.41, 5.74) is 7.95. The number of ether oxygens (including phenoxy) is 1. The van der Waals surface area contributed by atoms with Crippen molar-refractivity contribution < 1.29 is 4.74 Å². The molecule has 1 aromatic heterocycles. The first kappa shape index (κ1) is 15.8. The summed E-state index contributed by atoms with van der Waals surface area (Å²) in [4.78, 5) is 4.32. The molecule has 7 heteroatoms. The van der Waals surface area contributed by atoms with Crippen molar-refractivity contribution in [1.82, 2.24) is 14.8 Å². The number of methoxy groups -OCH3 is 1. The summed E-state index contributed by atoms with van der Waals surface area (Å²) < 4.78 is 7.16. The SMILES string of the molecule is COc1cccc([C@@H]2C[C@@H](c3ccccc3Cl)n3nc(N)nc3N2)c1. The number of nitrogens with two attached hydrogens (primary N) is 1. The Morgan fingerprint density at radius 3 is 2.88 bits per heavy atom. The van der Waals surface area contributed by atoms with Crippen LogP contribution in [-0.2, 0) is 0 Å². The van der Waals surface area contributed by atoms with E-state index in [1.165, 1.54) is 0 Å². The Labute approximate surface area is 150 Å². The van der Waals surface area contributed by atoms with Gasteiger partial charge in [-0.2, -0.15) is 4.98 Å². The molecule has 0 aliphatic carbocycles. The van der Waals surface area contributed by atoms with E-state index >= 15 is 0 Å². The van der Waals surface area contributed by atoms with Gasteiger partial charge in [-0.1, -0.05) is 41.9 Å². The highest BCUT2D eigenvalue weighted by molar-refractivity contribution is 6.31. The van der Waals surface area contributed by atoms with Gasteiger partial charge in [0.2, 0.25) is 11.9 Å². The Hall–Kier alpha value is -2.73. The van der Waals surface area contributed by atoms with E-state index in [2.05, 4.69) is 21.5 Å². The standard InChI is InChI=1S/C18H18ClN5O/c1-25-12-6-4-5-11(9-12)15-10-16(13-7-2-3-8-14(13)19)24-18(21-15)22-17(20)23-24/h2-9,15-16H,10H2,1H3,(H3,20,21,22,23)/t15-,16-/m0/s1. The number of halogens is 1. The minimum absolute atomic E-state index is 0.0486. The molecule has 0 saturated heterocycles. The van der Waals surface area contributed by atoms with Gasteiger partial charge in [-0.15, -0.1) is 5.10 Å². The zero-order valence-electron chi connectivity index (χ0n) is 13.7. The molecule has 2 aromatic carbocycles. The summed E-state index contributed by atoms with van der Waals surface area (Å²) in [7, 11) is 1.66. The van der Waals surface area contributed by atoms with E-state index in [9.17, 15) is 0 Å². The molecule has 1 aliphatic rings. The normalized spacial score (nSPS) is 19.1. The van der Waals surface area contributed by atoms with Crippen LogP contribution in [0, 0.1) is 0 Å². The highest BCUT2D eigenvalue weighted by Gasteiger charge is 2.31. The fourth-order valence-electron chi connectivity index (χ4n) is 3.28. The van der Waals surface area contributed by atoms with Crippen LogP contribution in [0.5, 0.6) is 5.75 Å². The molecule has 0 radical (unpaired) electrons. The summed E-state index contributed by atoms with van der Waals surface area (Å²) in [5.74, 6) is 1.70. The van der Waals surface area contributed by atoms with Gasteiger partial charge in [0.1, 0.15) is 5.75 Å². The molecule has 0 bridgehead atoms. The Bertz CT molecular complexity index is 910. The van der Waals surface area contributed by atoms with Crippen LogP contribution in [-0.4, -0.2) is 21.9 Å². The number of aromatic nitrogens is 3. The first-order valence-electron chi connectivity index (χ1n) is 8.02. The molecule has 25 heavy (non-hydrogen) atoms. The second-order valence-electron chi connectivity index (χ2n) is 5.98. The molecule has 0 saturated carbocycles. The van der Waals surface area contributed by atoms with Crippen molar-refractivity contribution in [3.63, 3.8) is 0 Å². The van der Waals surface area contributed by atoms with Crippen molar-refractivity contribution in [1.29, 1.82) is 0 Å². The summed E-state index contributed by atoms with van der Waals surface area (Å²) in [6, 6.07) is 15.8. The van der Waals surface area contributed by atoms with Crippen LogP contribution in [0.4, 0.5) is 11.9 Å². The predicted octanol–water partition coefficient (Wildman–Crippen LogP) is 3.67. The number of hydrogen-bond donors (Lipinski definition) is 2. The number of rotatable bonds is 3. The minimum atomic E-state index is -0.0500. The molecule has 3 N–H and O–H groups in total. The number of nitrogen functional groups attached to an aromatic ring is 1. The van der Waals surface area contributed by atoms with Crippen molar-refractivity contribution in [3.05, 3.63) is 64.7 Å². The van der Waals surface area contributed by atoms with Crippen molar-refractivity contribution >= 4 is 23.5 Å². The lowest BCUT2D eigenvalue weighted by molar-refractivity contribution is 0.410. The van der Waals surface area contributed by atoms with Crippen LogP contribution in [0.15, 0.2) is 48.5 Å². The Morgan fingerprint density at radius 2 is 2.08 bits per heavy atom. The van der Waals surface area contributed by atoms with E-state index in [0.717, 1.165) is 23.3 Å². The highest BCUT2D eigenvalue weighted by atomic mass is 35.5. The zero-order chi connectivity index (χ0) is 17.4. The first-order valence-corrected chi connectivity index (χ1v) is 8.40. The van der Waals surface area contributed by atoms with Crippen LogP contribution < -0.4 is 15.8 Å². The minimum Gasteiger partial charge on any atom is -0.497 e. The van der Waals surface area contributed by atoms with Crippen LogP contribution in [0.3, 0.4) is 0 Å². The maximum absolute atomic E-state index is 6.44. The fraction of sp³-hybridized carbons (Fsp3) is 0.222. The molecule has 1 aliphatic heterocycles. The maximum Gasteiger partial charge on any atom is 0.241 e. The van der Waals surface area contributed by atoms with Gasteiger partial charge < -0.3 is 15.8 Å². The van der Waals surface area contributed by atoms with Crippen LogP contribution >= 0.6 is 11.6 Å². The summed E-state index contributed by atoms with van der Waals surface area (Å²) in [6.07, 6.45) is 0.771. The summed E-state index contributed by atoms with van der Waals surface area (Å²) in [5, 5.41) is 8.47. The van der Waals surface area contributed by atoms with Crippen molar-refractivity contribution in [3.8, 4) is 5.75 Å². The molecule has 6 nitrogen and oxygen atoms in total. The zero-order valence-corrected chi connectivity index (χ0v) is 14.4. The summed E-state index contributed by atoms with van der Waals surface area (Å²) in [6.45, 7) is 0. The van der Waals surface area contributed by atoms with Gasteiger partial charge in [-0.3, -0.25) is 0 Å². The Balaban J connectivity index is 1.77. The van der Waals surface area contributed by atoms with Gasteiger partial charge in [-0.25, -0.2) is 4.68 Å². The molecule has 0 amide bonds. The second-order valence-corrected chi connectivity index (χ2v) is 6.39. The number of fused-ring (bicyclic) bond motifs is 1. The van der Waals surface area contributed by atoms with Crippen LogP contribution in [0.1, 0.15) is 29.6 Å². The smallest absolute Gasteiger partial charge is 0.241 e. The van der Waals surface area contributed by atoms with Crippen molar-refractivity contribution in [2.24, 2.45) is 0 Å². The number of anilines is 2. The van der Waals surface area contributed by atoms with E-state index in [-0.39, 0.29) is 18.0 Å². The monoisotopic (exact) mass is 355 g/mol. The van der Waals surface area contributed by atoms with Crippen LogP contribution in [0.2, 0.25) is 5.02 Å². The van der Waals surface area contributed by atoms with E-state index in [4.69, 9.17) is 22.1 Å². The Morgan fingerprint density at radius 1 is 1.24 bits per heavy atom. The number of benzene rings is 2. The van der Waals surface area contributed by atoms with Gasteiger partial charge in [0.05, 0.1) is 19.2 Å². The first-order chi connectivity index (χ1) is 12.2. The topological polar surface area (TPSA) is 78.0 Å². The van der Waals surface area contributed by atoms with Crippen LogP contribution in [0.25, 0.3) is 0 Å². The molecule has 3 aromatic rings. The van der Waals surface area contributed by atoms with E-state index in [0.29, 0.717) is 11.0 Å². The number of nitrogens with zero attached hydrogens (tertiary/aromatic N) is 3. The number of nitrogens with one attached hydrogen (secondary N) is 1. The molecule has 0 fully saturated rings. The van der Waals surface area contributed by atoms with Gasteiger partial charge in [0, 0.05) is 5.02 Å². The van der Waals surface area contributed by atoms with Gasteiger partial charge in [0.15, 0.2) is 0 Å². The van der Waals surface area contributed by atoms with Crippen molar-refractivity contribution in [2.75, 3.05) is 18.2 Å². The molecule has 128 valence electrons. The van der Waals surface area contributed by atoms with Gasteiger partial charge >= 0.3 is 0 Å². The molecule has 0 unspecified atom stereocenters. The molecular formula is C18H18ClN5O. The molecular weight excluding hydrogens is 338 g/mol. The molecule has 0 spiro atoms. The fourth-order valence-corrected chi connectivity index (χ4v) is 3.54. The van der Waals surface area contributed by atoms with Gasteiger partial charge in [-0.05, 0) is 35.7 Å². The van der Waals surface area contributed by atoms with E-state index < -0.39 is 0 Å². The quantitative estimate of drug-likeness (QED) is 0.749. The third-order valence-electron chi connectivity index (χ3n) is 4.47. The van der Waals surface area contributed by atoms with Gasteiger partial charge in [0.25, 0.3) is 0 Å². The Kier molecular flexibility index (Phi) is 3.97. The van der Waals surface area contributed by atoms with Crippen molar-refractivity contribution in [2.45, 2.75) is 18.5 Å². The average molecular weight is 356 g/mol. The third kappa shape index (κ3) is 2.89. The lowest BCUT2D eigenvalue weighted by Crippen LogP contribution is -2.28. The molecule has 4 rings (SSSR count). The second kappa shape index (κ2) is 6.29. The lowest BCUT2D eigenvalue weighted by Gasteiger charge is -2.32. The number of hydrogen-bond acceptors (Lipinski definition) is 5. The lowest BCUT2D eigenvalue weighted by atomic mass is 9.93. The maximum atomic E-state index is 6.44. The molecule has 2 atom stereocenters. The third-order valence-corrected chi connectivity index (χ3v) is 4.81. The molecule has 2 heterocycles. The summed E-state index contributed by atoms with van der Waals surface area (Å²) >= 11 is 6.44.